The average molecular weight is 334 g/mol. The van der Waals surface area contributed by atoms with Crippen LogP contribution in [0.4, 0.5) is 0 Å². The van der Waals surface area contributed by atoms with Gasteiger partial charge in [-0.25, -0.2) is 14.6 Å². The molecule has 7 heteroatoms. The first-order valence-electron chi connectivity index (χ1n) is 8.09. The van der Waals surface area contributed by atoms with Gasteiger partial charge in [0.05, 0.1) is 25.0 Å². The lowest BCUT2D eigenvalue weighted by atomic mass is 10.1. The van der Waals surface area contributed by atoms with Crippen molar-refractivity contribution in [2.75, 3.05) is 13.7 Å². The molecule has 1 aromatic carbocycles. The summed E-state index contributed by atoms with van der Waals surface area (Å²) in [5.41, 5.74) is 4.69. The monoisotopic (exact) mass is 334 g/mol. The second-order valence-corrected chi connectivity index (χ2v) is 5.78. The van der Waals surface area contributed by atoms with Gasteiger partial charge in [-0.05, 0) is 5.56 Å². The van der Waals surface area contributed by atoms with Crippen molar-refractivity contribution >= 4 is 11.0 Å². The Kier molecular flexibility index (Phi) is 4.22. The maximum Gasteiger partial charge on any atom is 0.141 e. The maximum atomic E-state index is 5.18. The standard InChI is InChI=1S/C18H18N6O/c1-25-8-7-15-17-14(9-19-18(17)21-12-20-15)16-11-24(23-22-16)10-13-5-3-2-4-6-13/h2-6,9,11-12H,7-8,10H2,1H3,(H,19,20,21). The highest BCUT2D eigenvalue weighted by Gasteiger charge is 2.15. The fraction of sp³-hybridized carbons (Fsp3) is 0.222. The Morgan fingerprint density at radius 1 is 1.16 bits per heavy atom. The zero-order valence-corrected chi connectivity index (χ0v) is 13.9. The van der Waals surface area contributed by atoms with Gasteiger partial charge >= 0.3 is 0 Å². The molecule has 0 aliphatic carbocycles. The van der Waals surface area contributed by atoms with Gasteiger partial charge in [-0.3, -0.25) is 0 Å². The fourth-order valence-corrected chi connectivity index (χ4v) is 2.89. The first-order chi connectivity index (χ1) is 12.3. The number of benzene rings is 1. The number of H-pyrrole nitrogens is 1. The summed E-state index contributed by atoms with van der Waals surface area (Å²) in [6.45, 7) is 1.29. The predicted octanol–water partition coefficient (Wildman–Crippen LogP) is 2.45. The Morgan fingerprint density at radius 2 is 2.04 bits per heavy atom. The summed E-state index contributed by atoms with van der Waals surface area (Å²) < 4.78 is 7.02. The van der Waals surface area contributed by atoms with Crippen molar-refractivity contribution in [3.8, 4) is 11.3 Å². The van der Waals surface area contributed by atoms with Crippen LogP contribution in [0.25, 0.3) is 22.3 Å². The maximum absolute atomic E-state index is 5.18. The Bertz CT molecular complexity index is 976. The molecule has 0 unspecified atom stereocenters. The minimum absolute atomic E-state index is 0.609. The molecule has 7 nitrogen and oxygen atoms in total. The third-order valence-corrected chi connectivity index (χ3v) is 4.09. The van der Waals surface area contributed by atoms with Crippen LogP contribution in [-0.2, 0) is 17.7 Å². The van der Waals surface area contributed by atoms with Crippen LogP contribution in [0.3, 0.4) is 0 Å². The van der Waals surface area contributed by atoms with E-state index in [1.807, 2.05) is 35.3 Å². The van der Waals surface area contributed by atoms with E-state index in [1.165, 1.54) is 5.56 Å². The Morgan fingerprint density at radius 3 is 2.88 bits per heavy atom. The van der Waals surface area contributed by atoms with Gasteiger partial charge in [0.15, 0.2) is 0 Å². The molecule has 4 rings (SSSR count). The molecule has 0 aliphatic rings. The van der Waals surface area contributed by atoms with E-state index in [0.29, 0.717) is 13.2 Å². The van der Waals surface area contributed by atoms with Crippen LogP contribution in [0.2, 0.25) is 0 Å². The molecule has 126 valence electrons. The van der Waals surface area contributed by atoms with Crippen molar-refractivity contribution in [3.05, 3.63) is 60.3 Å². The molecule has 0 radical (unpaired) electrons. The third kappa shape index (κ3) is 3.14. The van der Waals surface area contributed by atoms with Crippen molar-refractivity contribution in [1.82, 2.24) is 29.9 Å². The number of fused-ring (bicyclic) bond motifs is 1. The summed E-state index contributed by atoms with van der Waals surface area (Å²) >= 11 is 0. The molecule has 0 fully saturated rings. The molecule has 0 aliphatic heterocycles. The highest BCUT2D eigenvalue weighted by atomic mass is 16.5. The number of aromatic nitrogens is 6. The molecular formula is C18H18N6O. The highest BCUT2D eigenvalue weighted by molar-refractivity contribution is 5.94. The van der Waals surface area contributed by atoms with E-state index < -0.39 is 0 Å². The first kappa shape index (κ1) is 15.5. The number of hydrogen-bond donors (Lipinski definition) is 1. The van der Waals surface area contributed by atoms with Crippen molar-refractivity contribution in [2.24, 2.45) is 0 Å². The minimum atomic E-state index is 0.609. The van der Waals surface area contributed by atoms with E-state index in [4.69, 9.17) is 4.74 Å². The summed E-state index contributed by atoms with van der Waals surface area (Å²) in [5.74, 6) is 0. The quantitative estimate of drug-likeness (QED) is 0.586. The molecule has 0 saturated heterocycles. The molecule has 25 heavy (non-hydrogen) atoms. The lowest BCUT2D eigenvalue weighted by Gasteiger charge is -2.03. The van der Waals surface area contributed by atoms with Gasteiger partial charge in [-0.2, -0.15) is 0 Å². The average Bonchev–Trinajstić information content (AvgIpc) is 3.27. The number of hydrogen-bond acceptors (Lipinski definition) is 5. The van der Waals surface area contributed by atoms with Crippen LogP contribution in [0.15, 0.2) is 49.1 Å². The minimum Gasteiger partial charge on any atom is -0.384 e. The number of rotatable bonds is 6. The van der Waals surface area contributed by atoms with Gasteiger partial charge in [-0.1, -0.05) is 35.5 Å². The van der Waals surface area contributed by atoms with Gasteiger partial charge in [-0.15, -0.1) is 5.10 Å². The van der Waals surface area contributed by atoms with Crippen LogP contribution in [-0.4, -0.2) is 43.7 Å². The van der Waals surface area contributed by atoms with Crippen molar-refractivity contribution in [2.45, 2.75) is 13.0 Å². The molecule has 3 aromatic heterocycles. The van der Waals surface area contributed by atoms with E-state index in [1.54, 1.807) is 13.4 Å². The number of nitrogens with one attached hydrogen (secondary N) is 1. The Balaban J connectivity index is 1.68. The third-order valence-electron chi connectivity index (χ3n) is 4.09. The summed E-state index contributed by atoms with van der Waals surface area (Å²) in [4.78, 5) is 11.9. The number of aromatic amines is 1. The lowest BCUT2D eigenvalue weighted by molar-refractivity contribution is 0.201. The van der Waals surface area contributed by atoms with Crippen LogP contribution in [0.5, 0.6) is 0 Å². The first-order valence-corrected chi connectivity index (χ1v) is 8.09. The van der Waals surface area contributed by atoms with Gasteiger partial charge in [0.25, 0.3) is 0 Å². The van der Waals surface area contributed by atoms with Crippen LogP contribution in [0.1, 0.15) is 11.3 Å². The van der Waals surface area contributed by atoms with Gasteiger partial charge in [0.2, 0.25) is 0 Å². The van der Waals surface area contributed by atoms with Gasteiger partial charge in [0, 0.05) is 30.7 Å². The fourth-order valence-electron chi connectivity index (χ4n) is 2.89. The molecule has 0 amide bonds. The molecular weight excluding hydrogens is 316 g/mol. The Hall–Kier alpha value is -3.06. The largest absolute Gasteiger partial charge is 0.384 e. The summed E-state index contributed by atoms with van der Waals surface area (Å²) in [6.07, 6.45) is 6.15. The van der Waals surface area contributed by atoms with Crippen molar-refractivity contribution < 1.29 is 4.74 Å². The topological polar surface area (TPSA) is 81.5 Å². The molecule has 0 saturated carbocycles. The number of methoxy groups -OCH3 is 1. The van der Waals surface area contributed by atoms with Crippen molar-refractivity contribution in [3.63, 3.8) is 0 Å². The number of ether oxygens (including phenoxy) is 1. The molecule has 1 N–H and O–H groups in total. The Labute approximate surface area is 144 Å². The van der Waals surface area contributed by atoms with Crippen LogP contribution < -0.4 is 0 Å². The van der Waals surface area contributed by atoms with Crippen molar-refractivity contribution in [1.29, 1.82) is 0 Å². The second-order valence-electron chi connectivity index (χ2n) is 5.78. The number of nitrogens with zero attached hydrogens (tertiary/aromatic N) is 5. The summed E-state index contributed by atoms with van der Waals surface area (Å²) in [5, 5.41) is 9.56. The highest BCUT2D eigenvalue weighted by Crippen LogP contribution is 2.28. The summed E-state index contributed by atoms with van der Waals surface area (Å²) in [7, 11) is 1.69. The van der Waals surface area contributed by atoms with Crippen LogP contribution >= 0.6 is 0 Å². The zero-order chi connectivity index (χ0) is 17.1. The predicted molar refractivity (Wildman–Crippen MR) is 94.0 cm³/mol. The molecule has 0 bridgehead atoms. The normalized spacial score (nSPS) is 11.2. The molecule has 4 aromatic rings. The molecule has 0 atom stereocenters. The summed E-state index contributed by atoms with van der Waals surface area (Å²) in [6, 6.07) is 10.2. The van der Waals surface area contributed by atoms with Gasteiger partial charge in [0.1, 0.15) is 17.7 Å². The van der Waals surface area contributed by atoms with Crippen LogP contribution in [0, 0.1) is 0 Å². The lowest BCUT2D eigenvalue weighted by Crippen LogP contribution is -1.99. The van der Waals surface area contributed by atoms with E-state index in [9.17, 15) is 0 Å². The van der Waals surface area contributed by atoms with E-state index in [-0.39, 0.29) is 0 Å². The van der Waals surface area contributed by atoms with E-state index >= 15 is 0 Å². The molecule has 0 spiro atoms. The molecule has 3 heterocycles. The second kappa shape index (κ2) is 6.82. The van der Waals surface area contributed by atoms with E-state index in [2.05, 4.69) is 37.4 Å². The van der Waals surface area contributed by atoms with Gasteiger partial charge < -0.3 is 9.72 Å². The SMILES string of the molecule is COCCc1ncnc2[nH]cc(-c3cn(Cc4ccccc4)nn3)c12. The zero-order valence-electron chi connectivity index (χ0n) is 13.9. The van der Waals surface area contributed by atoms with E-state index in [0.717, 1.165) is 34.4 Å². The smallest absolute Gasteiger partial charge is 0.141 e.